The second-order valence-electron chi connectivity index (χ2n) is 6.96. The summed E-state index contributed by atoms with van der Waals surface area (Å²) in [5, 5.41) is 14.3. The molecule has 2 atom stereocenters. The fourth-order valence-corrected chi connectivity index (χ4v) is 3.46. The number of hydrogen-bond donors (Lipinski definition) is 2. The standard InChI is InChI=1S/C21H26N2O2/c1-16(14-20(24)23(2)18-9-4-3-5-10-18)22-15-21(25)13-12-17-8-6-7-11-19(17)21/h3-11,16,22,25H,12-15H2,1-2H3. The van der Waals surface area contributed by atoms with Gasteiger partial charge in [-0.3, -0.25) is 4.79 Å². The number of nitrogens with one attached hydrogen (secondary N) is 1. The highest BCUT2D eigenvalue weighted by Gasteiger charge is 2.36. The van der Waals surface area contributed by atoms with Crippen LogP contribution in [0.2, 0.25) is 0 Å². The Bertz CT molecular complexity index is 732. The van der Waals surface area contributed by atoms with Crippen LogP contribution in [0, 0.1) is 0 Å². The highest BCUT2D eigenvalue weighted by Crippen LogP contribution is 2.36. The lowest BCUT2D eigenvalue weighted by Gasteiger charge is -2.27. The Morgan fingerprint density at radius 2 is 1.88 bits per heavy atom. The van der Waals surface area contributed by atoms with Gasteiger partial charge in [-0.2, -0.15) is 0 Å². The Morgan fingerprint density at radius 3 is 2.64 bits per heavy atom. The van der Waals surface area contributed by atoms with Gasteiger partial charge in [0.2, 0.25) is 5.91 Å². The maximum atomic E-state index is 12.5. The number of hydrogen-bond acceptors (Lipinski definition) is 3. The predicted octanol–water partition coefficient (Wildman–Crippen LogP) is 2.85. The average Bonchev–Trinajstić information content (AvgIpc) is 2.98. The summed E-state index contributed by atoms with van der Waals surface area (Å²) in [5.74, 6) is 0.0602. The fraction of sp³-hybridized carbons (Fsp3) is 0.381. The van der Waals surface area contributed by atoms with Crippen LogP contribution in [-0.2, 0) is 16.8 Å². The van der Waals surface area contributed by atoms with E-state index >= 15 is 0 Å². The highest BCUT2D eigenvalue weighted by atomic mass is 16.3. The summed E-state index contributed by atoms with van der Waals surface area (Å²) >= 11 is 0. The van der Waals surface area contributed by atoms with Crippen LogP contribution in [0.4, 0.5) is 5.69 Å². The molecular formula is C21H26N2O2. The number of aliphatic hydroxyl groups is 1. The molecule has 2 aromatic carbocycles. The molecule has 25 heavy (non-hydrogen) atoms. The summed E-state index contributed by atoms with van der Waals surface area (Å²) in [6.07, 6.45) is 2.02. The monoisotopic (exact) mass is 338 g/mol. The Hall–Kier alpha value is -2.17. The van der Waals surface area contributed by atoms with Crippen LogP contribution in [0.3, 0.4) is 0 Å². The number of benzene rings is 2. The Kier molecular flexibility index (Phi) is 5.21. The van der Waals surface area contributed by atoms with Crippen molar-refractivity contribution in [2.75, 3.05) is 18.5 Å². The van der Waals surface area contributed by atoms with Crippen LogP contribution in [0.15, 0.2) is 54.6 Å². The summed E-state index contributed by atoms with van der Waals surface area (Å²) in [6, 6.07) is 17.7. The molecule has 132 valence electrons. The lowest BCUT2D eigenvalue weighted by atomic mass is 9.95. The first-order chi connectivity index (χ1) is 12.0. The fourth-order valence-electron chi connectivity index (χ4n) is 3.46. The van der Waals surface area contributed by atoms with E-state index in [0.717, 1.165) is 24.1 Å². The molecule has 2 N–H and O–H groups in total. The maximum absolute atomic E-state index is 12.5. The van der Waals surface area contributed by atoms with E-state index in [1.807, 2.05) is 55.5 Å². The molecule has 2 unspecified atom stereocenters. The van der Waals surface area contributed by atoms with Crippen LogP contribution < -0.4 is 10.2 Å². The van der Waals surface area contributed by atoms with Gasteiger partial charge in [-0.1, -0.05) is 42.5 Å². The van der Waals surface area contributed by atoms with Gasteiger partial charge in [-0.15, -0.1) is 0 Å². The van der Waals surface area contributed by atoms with Gasteiger partial charge < -0.3 is 15.3 Å². The molecule has 0 heterocycles. The maximum Gasteiger partial charge on any atom is 0.228 e. The van der Waals surface area contributed by atoms with E-state index in [4.69, 9.17) is 0 Å². The smallest absolute Gasteiger partial charge is 0.228 e. The van der Waals surface area contributed by atoms with Crippen molar-refractivity contribution in [1.82, 2.24) is 5.32 Å². The minimum Gasteiger partial charge on any atom is -0.384 e. The first kappa shape index (κ1) is 17.6. The van der Waals surface area contributed by atoms with Crippen molar-refractivity contribution in [2.45, 2.75) is 37.8 Å². The molecule has 2 aromatic rings. The third-order valence-corrected chi connectivity index (χ3v) is 5.07. The normalized spacial score (nSPS) is 20.1. The first-order valence-electron chi connectivity index (χ1n) is 8.85. The van der Waals surface area contributed by atoms with Crippen LogP contribution in [-0.4, -0.2) is 30.6 Å². The molecule has 0 aromatic heterocycles. The van der Waals surface area contributed by atoms with Gasteiger partial charge >= 0.3 is 0 Å². The van der Waals surface area contributed by atoms with Crippen molar-refractivity contribution in [2.24, 2.45) is 0 Å². The molecule has 1 amide bonds. The number of aryl methyl sites for hydroxylation is 1. The highest BCUT2D eigenvalue weighted by molar-refractivity contribution is 5.93. The largest absolute Gasteiger partial charge is 0.384 e. The molecule has 0 bridgehead atoms. The van der Waals surface area contributed by atoms with Crippen LogP contribution in [0.1, 0.15) is 30.9 Å². The van der Waals surface area contributed by atoms with E-state index in [-0.39, 0.29) is 11.9 Å². The predicted molar refractivity (Wildman–Crippen MR) is 101 cm³/mol. The van der Waals surface area contributed by atoms with E-state index in [1.54, 1.807) is 11.9 Å². The van der Waals surface area contributed by atoms with E-state index in [0.29, 0.717) is 13.0 Å². The molecule has 0 saturated carbocycles. The van der Waals surface area contributed by atoms with Crippen LogP contribution >= 0.6 is 0 Å². The summed E-state index contributed by atoms with van der Waals surface area (Å²) in [7, 11) is 1.80. The number of nitrogens with zero attached hydrogens (tertiary/aromatic N) is 1. The molecule has 1 aliphatic rings. The zero-order valence-corrected chi connectivity index (χ0v) is 14.9. The molecule has 0 radical (unpaired) electrons. The zero-order chi connectivity index (χ0) is 17.9. The van der Waals surface area contributed by atoms with Crippen LogP contribution in [0.5, 0.6) is 0 Å². The zero-order valence-electron chi connectivity index (χ0n) is 14.9. The van der Waals surface area contributed by atoms with E-state index in [2.05, 4.69) is 11.4 Å². The molecule has 3 rings (SSSR count). The SMILES string of the molecule is CC(CC(=O)N(C)c1ccccc1)NCC1(O)CCc2ccccc21. The number of fused-ring (bicyclic) bond motifs is 1. The minimum atomic E-state index is -0.834. The minimum absolute atomic E-state index is 0.00421. The van der Waals surface area contributed by atoms with Gasteiger partial charge in [-0.25, -0.2) is 0 Å². The van der Waals surface area contributed by atoms with Crippen molar-refractivity contribution in [3.8, 4) is 0 Å². The Labute approximate surface area is 149 Å². The number of rotatable bonds is 6. The third-order valence-electron chi connectivity index (χ3n) is 5.07. The lowest BCUT2D eigenvalue weighted by molar-refractivity contribution is -0.118. The van der Waals surface area contributed by atoms with Gasteiger partial charge in [0.1, 0.15) is 5.60 Å². The molecule has 1 aliphatic carbocycles. The Balaban J connectivity index is 1.55. The number of carbonyl (C=O) groups is 1. The van der Waals surface area contributed by atoms with E-state index < -0.39 is 5.60 Å². The molecule has 0 saturated heterocycles. The first-order valence-corrected chi connectivity index (χ1v) is 8.85. The van der Waals surface area contributed by atoms with Crippen molar-refractivity contribution in [1.29, 1.82) is 0 Å². The molecule has 0 spiro atoms. The number of amides is 1. The number of anilines is 1. The van der Waals surface area contributed by atoms with Gasteiger partial charge in [0, 0.05) is 31.7 Å². The number of para-hydroxylation sites is 1. The van der Waals surface area contributed by atoms with Crippen LogP contribution in [0.25, 0.3) is 0 Å². The summed E-state index contributed by atoms with van der Waals surface area (Å²) in [6.45, 7) is 2.45. The molecule has 0 fully saturated rings. The summed E-state index contributed by atoms with van der Waals surface area (Å²) in [4.78, 5) is 14.1. The topological polar surface area (TPSA) is 52.6 Å². The lowest BCUT2D eigenvalue weighted by Crippen LogP contribution is -2.42. The second-order valence-corrected chi connectivity index (χ2v) is 6.96. The van der Waals surface area contributed by atoms with Crippen molar-refractivity contribution in [3.63, 3.8) is 0 Å². The quantitative estimate of drug-likeness (QED) is 0.851. The van der Waals surface area contributed by atoms with Gasteiger partial charge in [0.15, 0.2) is 0 Å². The summed E-state index contributed by atoms with van der Waals surface area (Å²) in [5.41, 5.74) is 2.30. The number of carbonyl (C=O) groups excluding carboxylic acids is 1. The molecule has 4 heteroatoms. The van der Waals surface area contributed by atoms with Crippen molar-refractivity contribution < 1.29 is 9.90 Å². The van der Waals surface area contributed by atoms with E-state index in [9.17, 15) is 9.90 Å². The van der Waals surface area contributed by atoms with Crippen molar-refractivity contribution in [3.05, 3.63) is 65.7 Å². The molecule has 0 aliphatic heterocycles. The average molecular weight is 338 g/mol. The van der Waals surface area contributed by atoms with Gasteiger partial charge in [0.25, 0.3) is 0 Å². The van der Waals surface area contributed by atoms with Crippen molar-refractivity contribution >= 4 is 11.6 Å². The van der Waals surface area contributed by atoms with Gasteiger partial charge in [0.05, 0.1) is 0 Å². The van der Waals surface area contributed by atoms with Gasteiger partial charge in [-0.05, 0) is 43.0 Å². The Morgan fingerprint density at radius 1 is 1.20 bits per heavy atom. The second kappa shape index (κ2) is 7.38. The van der Waals surface area contributed by atoms with E-state index in [1.165, 1.54) is 5.56 Å². The third kappa shape index (κ3) is 3.91. The summed E-state index contributed by atoms with van der Waals surface area (Å²) < 4.78 is 0. The molecule has 4 nitrogen and oxygen atoms in total. The molecular weight excluding hydrogens is 312 g/mol.